The Labute approximate surface area is 192 Å². The average Bonchev–Trinajstić information content (AvgIpc) is 2.96. The fourth-order valence-corrected chi connectivity index (χ4v) is 6.44. The highest BCUT2D eigenvalue weighted by molar-refractivity contribution is 8.01. The number of hydrogen-bond acceptors (Lipinski definition) is 8. The van der Waals surface area contributed by atoms with Gasteiger partial charge < -0.3 is 15.3 Å². The van der Waals surface area contributed by atoms with E-state index in [2.05, 4.69) is 5.32 Å². The van der Waals surface area contributed by atoms with Gasteiger partial charge in [-0.1, -0.05) is 30.3 Å². The van der Waals surface area contributed by atoms with Gasteiger partial charge in [-0.3, -0.25) is 9.59 Å². The van der Waals surface area contributed by atoms with Crippen molar-refractivity contribution >= 4 is 51.8 Å². The van der Waals surface area contributed by atoms with E-state index in [0.29, 0.717) is 4.90 Å². The SMILES string of the molecule is CC1(C)S[C@@H]2C(NC(=O)C(c3ccccc3)N3C(=O)NS(=O)(=O)NC3=O)C(=O)N2[C@H]1C(=O)O. The number of β-lactam (4-membered cyclic amide) rings is 1. The van der Waals surface area contributed by atoms with Crippen LogP contribution in [0.2, 0.25) is 0 Å². The van der Waals surface area contributed by atoms with Gasteiger partial charge in [-0.2, -0.15) is 8.42 Å². The number of rotatable bonds is 5. The molecular weight excluding hydrogens is 478 g/mol. The number of carbonyl (C=O) groups is 5. The number of imide groups is 1. The van der Waals surface area contributed by atoms with Crippen LogP contribution in [0.4, 0.5) is 9.59 Å². The molecule has 0 spiro atoms. The quantitative estimate of drug-likeness (QED) is 0.384. The summed E-state index contributed by atoms with van der Waals surface area (Å²) in [6.07, 6.45) is 0. The minimum Gasteiger partial charge on any atom is -0.480 e. The maximum absolute atomic E-state index is 13.3. The van der Waals surface area contributed by atoms with Gasteiger partial charge in [-0.25, -0.2) is 28.7 Å². The summed E-state index contributed by atoms with van der Waals surface area (Å²) in [7, 11) is -4.41. The van der Waals surface area contributed by atoms with Crippen LogP contribution in [0.25, 0.3) is 0 Å². The van der Waals surface area contributed by atoms with Crippen molar-refractivity contribution in [1.29, 1.82) is 0 Å². The average molecular weight is 498 g/mol. The van der Waals surface area contributed by atoms with Crippen LogP contribution < -0.4 is 14.8 Å². The van der Waals surface area contributed by atoms with Gasteiger partial charge in [0, 0.05) is 4.75 Å². The molecule has 13 nitrogen and oxygen atoms in total. The number of thioether (sulfide) groups is 1. The number of benzene rings is 1. The minimum atomic E-state index is -4.41. The number of hydrogen-bond donors (Lipinski definition) is 4. The molecule has 4 atom stereocenters. The van der Waals surface area contributed by atoms with Gasteiger partial charge in [-0.05, 0) is 19.4 Å². The Morgan fingerprint density at radius 2 is 1.70 bits per heavy atom. The van der Waals surface area contributed by atoms with Crippen molar-refractivity contribution in [3.05, 3.63) is 35.9 Å². The summed E-state index contributed by atoms with van der Waals surface area (Å²) in [5.41, 5.74) is 0.186. The molecule has 1 aromatic carbocycles. The number of carbonyl (C=O) groups excluding carboxylic acids is 4. The lowest BCUT2D eigenvalue weighted by molar-refractivity contribution is -0.161. The molecule has 3 aliphatic rings. The molecular formula is C18H19N5O8S2. The summed E-state index contributed by atoms with van der Waals surface area (Å²) in [5, 5.41) is 11.4. The zero-order valence-corrected chi connectivity index (χ0v) is 18.8. The molecule has 0 bridgehead atoms. The lowest BCUT2D eigenvalue weighted by Gasteiger charge is -2.44. The van der Waals surface area contributed by atoms with Gasteiger partial charge in [0.25, 0.3) is 0 Å². The molecule has 4 rings (SSSR count). The van der Waals surface area contributed by atoms with E-state index in [9.17, 15) is 37.5 Å². The Hall–Kier alpha value is -3.33. The zero-order chi connectivity index (χ0) is 24.3. The van der Waals surface area contributed by atoms with Gasteiger partial charge in [0.05, 0.1) is 0 Å². The molecule has 1 aromatic rings. The van der Waals surface area contributed by atoms with Crippen LogP contribution in [0.15, 0.2) is 30.3 Å². The molecule has 6 amide bonds. The third-order valence-corrected chi connectivity index (χ3v) is 7.93. The highest BCUT2D eigenvalue weighted by atomic mass is 32.2. The number of nitrogens with one attached hydrogen (secondary N) is 3. The van der Waals surface area contributed by atoms with Crippen molar-refractivity contribution in [1.82, 2.24) is 24.6 Å². The molecule has 176 valence electrons. The van der Waals surface area contributed by atoms with Crippen LogP contribution in [0, 0.1) is 0 Å². The van der Waals surface area contributed by atoms with E-state index >= 15 is 0 Å². The smallest absolute Gasteiger partial charge is 0.341 e. The van der Waals surface area contributed by atoms with E-state index < -0.39 is 68.3 Å². The Bertz CT molecular complexity index is 1150. The van der Waals surface area contributed by atoms with Gasteiger partial charge in [0.15, 0.2) is 0 Å². The van der Waals surface area contributed by atoms with Crippen LogP contribution in [0.5, 0.6) is 0 Å². The van der Waals surface area contributed by atoms with E-state index in [0.717, 1.165) is 0 Å². The van der Waals surface area contributed by atoms with Crippen molar-refractivity contribution in [2.75, 3.05) is 0 Å². The standard InChI is InChI=1S/C18H19N5O8S2/c1-18(2)11(15(26)27)23-13(25)9(14(23)32-18)19-12(24)10(8-6-4-3-5-7-8)22-16(28)20-33(30,31)21-17(22)29/h3-7,9-11,14H,1-2H3,(H,19,24)(H,20,28)(H,21,29)(H,26,27)/t9?,10?,11-,14+/m0/s1. The first-order chi connectivity index (χ1) is 15.3. The largest absolute Gasteiger partial charge is 0.480 e. The molecule has 3 aliphatic heterocycles. The van der Waals surface area contributed by atoms with Gasteiger partial charge in [0.1, 0.15) is 23.5 Å². The Morgan fingerprint density at radius 3 is 2.24 bits per heavy atom. The zero-order valence-electron chi connectivity index (χ0n) is 17.2. The number of urea groups is 2. The summed E-state index contributed by atoms with van der Waals surface area (Å²) in [6.45, 7) is 3.35. The lowest BCUT2D eigenvalue weighted by Crippen LogP contribution is -2.71. The Balaban J connectivity index is 1.62. The van der Waals surface area contributed by atoms with E-state index in [4.69, 9.17) is 0 Å². The van der Waals surface area contributed by atoms with Crippen LogP contribution in [-0.2, 0) is 24.6 Å². The minimum absolute atomic E-state index is 0.186. The van der Waals surface area contributed by atoms with Crippen molar-refractivity contribution in [2.45, 2.75) is 42.1 Å². The van der Waals surface area contributed by atoms with E-state index in [-0.39, 0.29) is 5.56 Å². The van der Waals surface area contributed by atoms with Crippen molar-refractivity contribution in [2.24, 2.45) is 0 Å². The fourth-order valence-electron chi connectivity index (χ4n) is 4.11. The summed E-state index contributed by atoms with van der Waals surface area (Å²) in [6, 6.07) is 1.20. The fraction of sp³-hybridized carbons (Fsp3) is 0.389. The molecule has 2 unspecified atom stereocenters. The first-order valence-electron chi connectivity index (χ1n) is 9.60. The Morgan fingerprint density at radius 1 is 1.12 bits per heavy atom. The number of aliphatic carboxylic acids is 1. The first kappa shape index (κ1) is 22.8. The van der Waals surface area contributed by atoms with Crippen molar-refractivity contribution < 1.29 is 37.5 Å². The normalized spacial score (nSPS) is 28.2. The maximum atomic E-state index is 13.3. The molecule has 0 saturated carbocycles. The van der Waals surface area contributed by atoms with Crippen LogP contribution in [0.3, 0.4) is 0 Å². The third-order valence-electron chi connectivity index (χ3n) is 5.48. The summed E-state index contributed by atoms with van der Waals surface area (Å²) in [5.74, 6) is -2.69. The molecule has 0 aromatic heterocycles. The van der Waals surface area contributed by atoms with Gasteiger partial charge >= 0.3 is 28.2 Å². The predicted molar refractivity (Wildman–Crippen MR) is 113 cm³/mol. The van der Waals surface area contributed by atoms with E-state index in [1.165, 1.54) is 28.8 Å². The van der Waals surface area contributed by atoms with Crippen LogP contribution >= 0.6 is 11.8 Å². The van der Waals surface area contributed by atoms with Gasteiger partial charge in [-0.15, -0.1) is 11.8 Å². The molecule has 0 aliphatic carbocycles. The van der Waals surface area contributed by atoms with Gasteiger partial charge in [0.2, 0.25) is 11.8 Å². The molecule has 3 saturated heterocycles. The number of amides is 6. The summed E-state index contributed by atoms with van der Waals surface area (Å²) >= 11 is 1.21. The molecule has 4 N–H and O–H groups in total. The molecule has 3 fully saturated rings. The summed E-state index contributed by atoms with van der Waals surface area (Å²) < 4.78 is 25.6. The molecule has 3 heterocycles. The van der Waals surface area contributed by atoms with E-state index in [1.54, 1.807) is 41.5 Å². The topological polar surface area (TPSA) is 182 Å². The first-order valence-corrected chi connectivity index (χ1v) is 12.0. The Kier molecular flexibility index (Phi) is 5.28. The van der Waals surface area contributed by atoms with Crippen molar-refractivity contribution in [3.8, 4) is 0 Å². The number of carboxylic acids is 1. The maximum Gasteiger partial charge on any atom is 0.341 e. The number of fused-ring (bicyclic) bond motifs is 1. The second-order valence-corrected chi connectivity index (χ2v) is 11.3. The predicted octanol–water partition coefficient (Wildman–Crippen LogP) is -0.661. The lowest BCUT2D eigenvalue weighted by atomic mass is 9.95. The summed E-state index contributed by atoms with van der Waals surface area (Å²) in [4.78, 5) is 64.0. The van der Waals surface area contributed by atoms with Crippen LogP contribution in [-0.4, -0.2) is 75.4 Å². The third kappa shape index (κ3) is 3.76. The number of nitrogens with zero attached hydrogens (tertiary/aromatic N) is 2. The monoisotopic (exact) mass is 497 g/mol. The van der Waals surface area contributed by atoms with Crippen LogP contribution in [0.1, 0.15) is 25.5 Å². The molecule has 33 heavy (non-hydrogen) atoms. The van der Waals surface area contributed by atoms with E-state index in [1.807, 2.05) is 0 Å². The van der Waals surface area contributed by atoms with Crippen molar-refractivity contribution in [3.63, 3.8) is 0 Å². The molecule has 15 heteroatoms. The number of carboxylic acid groups (broad SMARTS) is 1. The molecule has 0 radical (unpaired) electrons. The highest BCUT2D eigenvalue weighted by Gasteiger charge is 2.64. The second-order valence-electron chi connectivity index (χ2n) is 8.09. The second kappa shape index (κ2) is 7.62. The highest BCUT2D eigenvalue weighted by Crippen LogP contribution is 2.50.